The second-order valence-corrected chi connectivity index (χ2v) is 7.52. The van der Waals surface area contributed by atoms with Crippen LogP contribution in [0.15, 0.2) is 23.2 Å². The number of nitrogens with zero attached hydrogens (tertiary/aromatic N) is 4. The zero-order chi connectivity index (χ0) is 22.6. The van der Waals surface area contributed by atoms with Crippen LogP contribution in [0.5, 0.6) is 11.5 Å². The number of amides is 1. The van der Waals surface area contributed by atoms with Gasteiger partial charge in [0, 0.05) is 46.2 Å². The molecule has 1 aliphatic heterocycles. The molecule has 1 heterocycles. The molecule has 0 atom stereocenters. The first kappa shape index (κ1) is 28.3. The monoisotopic (exact) mass is 561 g/mol. The van der Waals surface area contributed by atoms with E-state index in [0.717, 1.165) is 75.4 Å². The predicted molar refractivity (Wildman–Crippen MR) is 140 cm³/mol. The van der Waals surface area contributed by atoms with Gasteiger partial charge in [0.2, 0.25) is 5.91 Å². The summed E-state index contributed by atoms with van der Waals surface area (Å²) in [7, 11) is 1.66. The van der Waals surface area contributed by atoms with Crippen LogP contribution in [0.4, 0.5) is 0 Å². The number of halogens is 1. The molecular formula is C23H40IN5O3. The van der Waals surface area contributed by atoms with Crippen molar-refractivity contribution in [1.82, 2.24) is 20.0 Å². The molecule has 1 fully saturated rings. The summed E-state index contributed by atoms with van der Waals surface area (Å²) >= 11 is 0. The third kappa shape index (κ3) is 8.65. The van der Waals surface area contributed by atoms with Gasteiger partial charge in [-0.15, -0.1) is 24.0 Å². The van der Waals surface area contributed by atoms with Gasteiger partial charge >= 0.3 is 0 Å². The maximum Gasteiger partial charge on any atom is 0.219 e. The van der Waals surface area contributed by atoms with Crippen molar-refractivity contribution >= 4 is 35.8 Å². The number of hydrogen-bond donors (Lipinski definition) is 1. The van der Waals surface area contributed by atoms with E-state index in [4.69, 9.17) is 14.5 Å². The summed E-state index contributed by atoms with van der Waals surface area (Å²) in [5.41, 5.74) is 1.06. The molecule has 0 radical (unpaired) electrons. The Bertz CT molecular complexity index is 720. The van der Waals surface area contributed by atoms with Crippen LogP contribution in [-0.2, 0) is 11.3 Å². The highest BCUT2D eigenvalue weighted by atomic mass is 127. The van der Waals surface area contributed by atoms with Gasteiger partial charge in [0.15, 0.2) is 17.5 Å². The molecule has 0 spiro atoms. The van der Waals surface area contributed by atoms with Gasteiger partial charge in [0.25, 0.3) is 0 Å². The van der Waals surface area contributed by atoms with E-state index >= 15 is 0 Å². The summed E-state index contributed by atoms with van der Waals surface area (Å²) in [5, 5.41) is 3.37. The first-order valence-electron chi connectivity index (χ1n) is 11.3. The van der Waals surface area contributed by atoms with Crippen molar-refractivity contribution in [3.05, 3.63) is 23.8 Å². The standard InChI is InChI=1S/C23H39N5O3.HI/c1-6-24-23(28-13-11-27(12-14-28)19(4)29)25-18-20-9-10-21(22(17-20)30-5)31-16-15-26(7-2)8-3;/h9-10,17H,6-8,11-16,18H2,1-5H3,(H,24,25);1H. The Morgan fingerprint density at radius 1 is 1.09 bits per heavy atom. The normalized spacial score (nSPS) is 14.2. The van der Waals surface area contributed by atoms with E-state index in [1.807, 2.05) is 23.1 Å². The summed E-state index contributed by atoms with van der Waals surface area (Å²) < 4.78 is 11.5. The lowest BCUT2D eigenvalue weighted by Crippen LogP contribution is -2.53. The number of hydrogen-bond acceptors (Lipinski definition) is 5. The molecule has 0 aromatic heterocycles. The number of aliphatic imine (C=N–C) groups is 1. The molecule has 1 aliphatic rings. The Kier molecular flexibility index (Phi) is 13.4. The summed E-state index contributed by atoms with van der Waals surface area (Å²) in [6.07, 6.45) is 0. The Labute approximate surface area is 210 Å². The van der Waals surface area contributed by atoms with Gasteiger partial charge in [0.1, 0.15) is 6.61 Å². The van der Waals surface area contributed by atoms with Crippen LogP contribution in [0.3, 0.4) is 0 Å². The second-order valence-electron chi connectivity index (χ2n) is 7.52. The molecule has 0 bridgehead atoms. The number of likely N-dealkylation sites (N-methyl/N-ethyl adjacent to an activating group) is 1. The zero-order valence-corrected chi connectivity index (χ0v) is 22.6. The minimum atomic E-state index is 0. The van der Waals surface area contributed by atoms with Gasteiger partial charge in [-0.3, -0.25) is 4.79 Å². The van der Waals surface area contributed by atoms with Crippen LogP contribution in [0.2, 0.25) is 0 Å². The van der Waals surface area contributed by atoms with Crippen LogP contribution < -0.4 is 14.8 Å². The molecule has 1 aromatic carbocycles. The summed E-state index contributed by atoms with van der Waals surface area (Å²) in [5.74, 6) is 2.50. The highest BCUT2D eigenvalue weighted by molar-refractivity contribution is 14.0. The van der Waals surface area contributed by atoms with E-state index in [0.29, 0.717) is 13.2 Å². The minimum absolute atomic E-state index is 0. The van der Waals surface area contributed by atoms with Gasteiger partial charge in [0.05, 0.1) is 13.7 Å². The molecular weight excluding hydrogens is 521 g/mol. The molecule has 182 valence electrons. The van der Waals surface area contributed by atoms with Crippen molar-refractivity contribution < 1.29 is 14.3 Å². The fourth-order valence-corrected chi connectivity index (χ4v) is 3.58. The molecule has 2 rings (SSSR count). The fraction of sp³-hybridized carbons (Fsp3) is 0.652. The van der Waals surface area contributed by atoms with Crippen LogP contribution >= 0.6 is 24.0 Å². The first-order valence-corrected chi connectivity index (χ1v) is 11.3. The van der Waals surface area contributed by atoms with Crippen molar-refractivity contribution in [2.45, 2.75) is 34.2 Å². The number of guanidine groups is 1. The van der Waals surface area contributed by atoms with E-state index in [-0.39, 0.29) is 29.9 Å². The molecule has 1 saturated heterocycles. The SMILES string of the molecule is CCNC(=NCc1ccc(OCCN(CC)CC)c(OC)c1)N1CCN(C(C)=O)CC1.I. The van der Waals surface area contributed by atoms with Crippen molar-refractivity contribution in [3.63, 3.8) is 0 Å². The number of methoxy groups -OCH3 is 1. The Balaban J connectivity index is 0.00000512. The van der Waals surface area contributed by atoms with Crippen LogP contribution in [-0.4, -0.2) is 92.6 Å². The van der Waals surface area contributed by atoms with Crippen LogP contribution in [0, 0.1) is 0 Å². The van der Waals surface area contributed by atoms with Gasteiger partial charge < -0.3 is 29.5 Å². The van der Waals surface area contributed by atoms with Crippen molar-refractivity contribution in [3.8, 4) is 11.5 Å². The summed E-state index contributed by atoms with van der Waals surface area (Å²) in [6, 6.07) is 5.99. The largest absolute Gasteiger partial charge is 0.493 e. The molecule has 0 saturated carbocycles. The molecule has 32 heavy (non-hydrogen) atoms. The number of benzene rings is 1. The Hall–Kier alpha value is -1.75. The second kappa shape index (κ2) is 15.2. The lowest BCUT2D eigenvalue weighted by molar-refractivity contribution is -0.130. The highest BCUT2D eigenvalue weighted by Gasteiger charge is 2.20. The quantitative estimate of drug-likeness (QED) is 0.269. The molecule has 0 unspecified atom stereocenters. The first-order chi connectivity index (χ1) is 15.0. The lowest BCUT2D eigenvalue weighted by Gasteiger charge is -2.36. The number of carbonyl (C=O) groups excluding carboxylic acids is 1. The highest BCUT2D eigenvalue weighted by Crippen LogP contribution is 2.28. The smallest absolute Gasteiger partial charge is 0.219 e. The summed E-state index contributed by atoms with van der Waals surface area (Å²) in [4.78, 5) is 22.8. The molecule has 0 aliphatic carbocycles. The van der Waals surface area contributed by atoms with Crippen LogP contribution in [0.25, 0.3) is 0 Å². The third-order valence-electron chi connectivity index (χ3n) is 5.56. The zero-order valence-electron chi connectivity index (χ0n) is 20.2. The van der Waals surface area contributed by atoms with Gasteiger partial charge in [-0.1, -0.05) is 19.9 Å². The van der Waals surface area contributed by atoms with Crippen molar-refractivity contribution in [1.29, 1.82) is 0 Å². The van der Waals surface area contributed by atoms with Gasteiger partial charge in [-0.2, -0.15) is 0 Å². The summed E-state index contributed by atoms with van der Waals surface area (Å²) in [6.45, 7) is 15.9. The molecule has 9 heteroatoms. The minimum Gasteiger partial charge on any atom is -0.493 e. The van der Waals surface area contributed by atoms with Crippen molar-refractivity contribution in [2.24, 2.45) is 4.99 Å². The van der Waals surface area contributed by atoms with E-state index in [1.54, 1.807) is 14.0 Å². The Morgan fingerprint density at radius 3 is 2.31 bits per heavy atom. The van der Waals surface area contributed by atoms with E-state index < -0.39 is 0 Å². The topological polar surface area (TPSA) is 69.6 Å². The number of rotatable bonds is 10. The van der Waals surface area contributed by atoms with Gasteiger partial charge in [-0.05, 0) is 37.7 Å². The lowest BCUT2D eigenvalue weighted by atomic mass is 10.2. The molecule has 1 amide bonds. The van der Waals surface area contributed by atoms with Crippen LogP contribution in [0.1, 0.15) is 33.3 Å². The van der Waals surface area contributed by atoms with Gasteiger partial charge in [-0.25, -0.2) is 4.99 Å². The third-order valence-corrected chi connectivity index (χ3v) is 5.56. The number of carbonyl (C=O) groups is 1. The fourth-order valence-electron chi connectivity index (χ4n) is 3.58. The molecule has 1 N–H and O–H groups in total. The number of nitrogens with one attached hydrogen (secondary N) is 1. The van der Waals surface area contributed by atoms with Crippen molar-refractivity contribution in [2.75, 3.05) is 66.1 Å². The maximum absolute atomic E-state index is 11.6. The predicted octanol–water partition coefficient (Wildman–Crippen LogP) is 2.66. The average Bonchev–Trinajstić information content (AvgIpc) is 2.80. The maximum atomic E-state index is 11.6. The number of ether oxygens (including phenoxy) is 2. The van der Waals surface area contributed by atoms with E-state index in [1.165, 1.54) is 0 Å². The van der Waals surface area contributed by atoms with E-state index in [2.05, 4.69) is 35.9 Å². The number of piperazine rings is 1. The molecule has 8 nitrogen and oxygen atoms in total. The van der Waals surface area contributed by atoms with E-state index in [9.17, 15) is 4.79 Å². The Morgan fingerprint density at radius 2 is 1.75 bits per heavy atom. The molecule has 1 aromatic rings. The average molecular weight is 562 g/mol.